The molecule has 0 aliphatic carbocycles. The van der Waals surface area contributed by atoms with Crippen LogP contribution in [0.25, 0.3) is 0 Å². The first-order valence-electron chi connectivity index (χ1n) is 4.57. The highest BCUT2D eigenvalue weighted by molar-refractivity contribution is 5.90. The van der Waals surface area contributed by atoms with Crippen LogP contribution in [0.2, 0.25) is 0 Å². The van der Waals surface area contributed by atoms with E-state index in [4.69, 9.17) is 5.11 Å². The molecule has 86 valence electrons. The van der Waals surface area contributed by atoms with Crippen molar-refractivity contribution in [1.82, 2.24) is 20.5 Å². The number of nitrogens with zero attached hydrogens (tertiary/aromatic N) is 3. The first-order chi connectivity index (χ1) is 7.63. The zero-order valence-corrected chi connectivity index (χ0v) is 8.54. The average Bonchev–Trinajstić information content (AvgIpc) is 2.27. The number of urea groups is 1. The smallest absolute Gasteiger partial charge is 0.326 e. The highest BCUT2D eigenvalue weighted by atomic mass is 16.4. The molecule has 1 atom stereocenters. The van der Waals surface area contributed by atoms with Crippen LogP contribution >= 0.6 is 0 Å². The van der Waals surface area contributed by atoms with Crippen molar-refractivity contribution in [3.63, 3.8) is 0 Å². The van der Waals surface area contributed by atoms with Crippen molar-refractivity contribution in [1.29, 1.82) is 0 Å². The number of hydrogen-bond donors (Lipinski definition) is 3. The van der Waals surface area contributed by atoms with Crippen molar-refractivity contribution in [2.24, 2.45) is 0 Å². The van der Waals surface area contributed by atoms with E-state index in [0.717, 1.165) is 0 Å². The number of nitrogens with one attached hydrogen (secondary N) is 2. The number of carboxylic acid groups (broad SMARTS) is 1. The van der Waals surface area contributed by atoms with Crippen LogP contribution in [0.5, 0.6) is 0 Å². The number of carboxylic acids is 1. The number of aliphatic carboxylic acids is 1. The van der Waals surface area contributed by atoms with Crippen molar-refractivity contribution in [3.05, 3.63) is 12.4 Å². The molecule has 0 bridgehead atoms. The van der Waals surface area contributed by atoms with Crippen LogP contribution in [0.1, 0.15) is 13.3 Å². The molecule has 1 aromatic heterocycles. The predicted octanol–water partition coefficient (Wildman–Crippen LogP) is -0.144. The molecule has 0 saturated carbocycles. The van der Waals surface area contributed by atoms with Crippen LogP contribution in [-0.2, 0) is 4.79 Å². The summed E-state index contributed by atoms with van der Waals surface area (Å²) >= 11 is 0. The van der Waals surface area contributed by atoms with Gasteiger partial charge in [-0.05, 0) is 6.42 Å². The third-order valence-corrected chi connectivity index (χ3v) is 1.72. The molecule has 0 aromatic carbocycles. The van der Waals surface area contributed by atoms with Crippen molar-refractivity contribution in [3.8, 4) is 0 Å². The van der Waals surface area contributed by atoms with Crippen LogP contribution in [0.3, 0.4) is 0 Å². The monoisotopic (exact) mass is 225 g/mol. The zero-order chi connectivity index (χ0) is 12.0. The van der Waals surface area contributed by atoms with Crippen molar-refractivity contribution < 1.29 is 14.7 Å². The molecule has 0 aliphatic heterocycles. The molecular weight excluding hydrogens is 214 g/mol. The Morgan fingerprint density at radius 1 is 1.50 bits per heavy atom. The molecule has 0 aliphatic rings. The van der Waals surface area contributed by atoms with Gasteiger partial charge in [0.25, 0.3) is 5.95 Å². The molecule has 2 amide bonds. The number of carbonyl (C=O) groups excluding carboxylic acids is 1. The zero-order valence-electron chi connectivity index (χ0n) is 8.54. The van der Waals surface area contributed by atoms with Gasteiger partial charge in [-0.2, -0.15) is 5.10 Å². The standard InChI is InChI=1S/C8H11N5O3/c1-2-5(6(14)15)11-8(16)12-7-9-3-4-10-13-7/h3-5H,2H2,1H3,(H,14,15)(H2,9,11,12,13,16)/t5-/m1/s1. The number of carbonyl (C=O) groups is 2. The van der Waals surface area contributed by atoms with E-state index in [9.17, 15) is 9.59 Å². The van der Waals surface area contributed by atoms with E-state index in [-0.39, 0.29) is 12.4 Å². The van der Waals surface area contributed by atoms with Gasteiger partial charge in [-0.15, -0.1) is 5.10 Å². The summed E-state index contributed by atoms with van der Waals surface area (Å²) in [6, 6.07) is -1.61. The van der Waals surface area contributed by atoms with Crippen LogP contribution in [0.4, 0.5) is 10.7 Å². The first kappa shape index (κ1) is 11.8. The molecule has 1 aromatic rings. The third-order valence-electron chi connectivity index (χ3n) is 1.72. The Labute approximate surface area is 91.1 Å². The summed E-state index contributed by atoms with van der Waals surface area (Å²) in [5, 5.41) is 20.2. The Bertz CT molecular complexity index is 369. The summed E-state index contributed by atoms with van der Waals surface area (Å²) in [5.74, 6) is -1.08. The molecule has 0 spiro atoms. The number of rotatable bonds is 4. The fourth-order valence-electron chi connectivity index (χ4n) is 0.939. The Hall–Kier alpha value is -2.25. The average molecular weight is 225 g/mol. The highest BCUT2D eigenvalue weighted by Gasteiger charge is 2.17. The van der Waals surface area contributed by atoms with Crippen molar-refractivity contribution in [2.75, 3.05) is 5.32 Å². The lowest BCUT2D eigenvalue weighted by molar-refractivity contribution is -0.139. The molecule has 8 nitrogen and oxygen atoms in total. The van der Waals surface area contributed by atoms with E-state index in [2.05, 4.69) is 25.8 Å². The lowest BCUT2D eigenvalue weighted by Crippen LogP contribution is -2.42. The van der Waals surface area contributed by atoms with Crippen LogP contribution in [-0.4, -0.2) is 38.3 Å². The van der Waals surface area contributed by atoms with Crippen LogP contribution in [0, 0.1) is 0 Å². The SMILES string of the molecule is CC[C@@H](NC(=O)Nc1nccnn1)C(=O)O. The summed E-state index contributed by atoms with van der Waals surface area (Å²) in [6.07, 6.45) is 3.00. The third kappa shape index (κ3) is 3.48. The molecular formula is C8H11N5O3. The van der Waals surface area contributed by atoms with Gasteiger partial charge in [0.05, 0.1) is 12.4 Å². The summed E-state index contributed by atoms with van der Waals surface area (Å²) in [7, 11) is 0. The van der Waals surface area contributed by atoms with E-state index in [1.807, 2.05) is 0 Å². The Kier molecular flexibility index (Phi) is 4.13. The van der Waals surface area contributed by atoms with Gasteiger partial charge in [0.1, 0.15) is 6.04 Å². The molecule has 1 heterocycles. The maximum Gasteiger partial charge on any atom is 0.326 e. The largest absolute Gasteiger partial charge is 0.480 e. The lowest BCUT2D eigenvalue weighted by atomic mass is 10.2. The summed E-state index contributed by atoms with van der Waals surface area (Å²) in [4.78, 5) is 25.6. The molecule has 16 heavy (non-hydrogen) atoms. The summed E-state index contributed by atoms with van der Waals surface area (Å²) < 4.78 is 0. The van der Waals surface area contributed by atoms with Crippen LogP contribution < -0.4 is 10.6 Å². The molecule has 0 saturated heterocycles. The number of hydrogen-bond acceptors (Lipinski definition) is 5. The molecule has 3 N–H and O–H groups in total. The number of anilines is 1. The Balaban J connectivity index is 2.50. The van der Waals surface area contributed by atoms with E-state index >= 15 is 0 Å². The number of aromatic nitrogens is 3. The number of amides is 2. The maximum absolute atomic E-state index is 11.3. The molecule has 1 rings (SSSR count). The molecule has 0 radical (unpaired) electrons. The fourth-order valence-corrected chi connectivity index (χ4v) is 0.939. The minimum Gasteiger partial charge on any atom is -0.480 e. The highest BCUT2D eigenvalue weighted by Crippen LogP contribution is 1.94. The quantitative estimate of drug-likeness (QED) is 0.656. The van der Waals surface area contributed by atoms with E-state index < -0.39 is 18.0 Å². The second-order valence-electron chi connectivity index (χ2n) is 2.86. The summed E-state index contributed by atoms with van der Waals surface area (Å²) in [5.41, 5.74) is 0. The van der Waals surface area contributed by atoms with Gasteiger partial charge in [0, 0.05) is 0 Å². The predicted molar refractivity (Wildman–Crippen MR) is 53.7 cm³/mol. The van der Waals surface area contributed by atoms with Crippen molar-refractivity contribution in [2.45, 2.75) is 19.4 Å². The lowest BCUT2D eigenvalue weighted by Gasteiger charge is -2.11. The minimum absolute atomic E-state index is 0.0141. The first-order valence-corrected chi connectivity index (χ1v) is 4.57. The van der Waals surface area contributed by atoms with E-state index in [1.165, 1.54) is 12.4 Å². The minimum atomic E-state index is -1.09. The van der Waals surface area contributed by atoms with Gasteiger partial charge in [-0.1, -0.05) is 6.92 Å². The van der Waals surface area contributed by atoms with Crippen LogP contribution in [0.15, 0.2) is 12.4 Å². The fraction of sp³-hybridized carbons (Fsp3) is 0.375. The second kappa shape index (κ2) is 5.59. The molecule has 0 fully saturated rings. The Morgan fingerprint density at radius 3 is 2.75 bits per heavy atom. The van der Waals surface area contributed by atoms with Gasteiger partial charge in [0.2, 0.25) is 0 Å². The summed E-state index contributed by atoms with van der Waals surface area (Å²) in [6.45, 7) is 1.65. The van der Waals surface area contributed by atoms with E-state index in [1.54, 1.807) is 6.92 Å². The van der Waals surface area contributed by atoms with Gasteiger partial charge < -0.3 is 10.4 Å². The van der Waals surface area contributed by atoms with Gasteiger partial charge >= 0.3 is 12.0 Å². The van der Waals surface area contributed by atoms with Gasteiger partial charge in [0.15, 0.2) is 0 Å². The van der Waals surface area contributed by atoms with Crippen molar-refractivity contribution >= 4 is 17.9 Å². The van der Waals surface area contributed by atoms with E-state index in [0.29, 0.717) is 0 Å². The normalized spacial score (nSPS) is 11.6. The Morgan fingerprint density at radius 2 is 2.25 bits per heavy atom. The second-order valence-corrected chi connectivity index (χ2v) is 2.86. The molecule has 8 heteroatoms. The van der Waals surface area contributed by atoms with Gasteiger partial charge in [-0.25, -0.2) is 14.6 Å². The topological polar surface area (TPSA) is 117 Å². The molecule has 0 unspecified atom stereocenters. The maximum atomic E-state index is 11.3. The van der Waals surface area contributed by atoms with Gasteiger partial charge in [-0.3, -0.25) is 5.32 Å².